The standard InChI is InChI=1S/C22H26F2N4O2S/c1-2-20(29)27-7-9-28(10-8-27)22-26-18-6-3-14(12-19(18)31-22)21(30)25-13-15-11-16(23)4-5-17(15)24/h4-5,11,14H,2-3,6-10,12-13H2,1H3,(H,25,30)/t14-/m0/s1. The van der Waals surface area contributed by atoms with Crippen LogP contribution in [-0.4, -0.2) is 47.9 Å². The minimum atomic E-state index is -0.527. The van der Waals surface area contributed by atoms with Crippen LogP contribution in [0.3, 0.4) is 0 Å². The van der Waals surface area contributed by atoms with Crippen molar-refractivity contribution in [1.29, 1.82) is 0 Å². The Morgan fingerprint density at radius 2 is 2.00 bits per heavy atom. The van der Waals surface area contributed by atoms with Crippen LogP contribution in [-0.2, 0) is 29.0 Å². The number of carbonyl (C=O) groups is 2. The van der Waals surface area contributed by atoms with E-state index >= 15 is 0 Å². The minimum absolute atomic E-state index is 0.0273. The fourth-order valence-electron chi connectivity index (χ4n) is 4.10. The summed E-state index contributed by atoms with van der Waals surface area (Å²) in [6.07, 6.45) is 2.55. The van der Waals surface area contributed by atoms with Crippen LogP contribution < -0.4 is 10.2 Å². The number of amides is 2. The molecule has 1 N–H and O–H groups in total. The number of hydrogen-bond acceptors (Lipinski definition) is 5. The minimum Gasteiger partial charge on any atom is -0.352 e. The summed E-state index contributed by atoms with van der Waals surface area (Å²) in [7, 11) is 0. The number of nitrogens with zero attached hydrogens (tertiary/aromatic N) is 3. The van der Waals surface area contributed by atoms with Crippen molar-refractivity contribution in [1.82, 2.24) is 15.2 Å². The van der Waals surface area contributed by atoms with E-state index in [1.54, 1.807) is 11.3 Å². The maximum atomic E-state index is 13.8. The first-order chi connectivity index (χ1) is 14.9. The zero-order valence-corrected chi connectivity index (χ0v) is 18.3. The smallest absolute Gasteiger partial charge is 0.223 e. The molecule has 1 aliphatic carbocycles. The van der Waals surface area contributed by atoms with Crippen LogP contribution in [0.4, 0.5) is 13.9 Å². The molecule has 6 nitrogen and oxygen atoms in total. The molecule has 0 spiro atoms. The Morgan fingerprint density at radius 3 is 2.74 bits per heavy atom. The summed E-state index contributed by atoms with van der Waals surface area (Å²) in [5.74, 6) is -1.21. The van der Waals surface area contributed by atoms with Gasteiger partial charge >= 0.3 is 0 Å². The van der Waals surface area contributed by atoms with Crippen LogP contribution >= 0.6 is 11.3 Å². The second-order valence-corrected chi connectivity index (χ2v) is 9.04. The molecular weight excluding hydrogens is 422 g/mol. The fraction of sp³-hybridized carbons (Fsp3) is 0.500. The van der Waals surface area contributed by atoms with Gasteiger partial charge in [0.1, 0.15) is 11.6 Å². The molecule has 1 saturated heterocycles. The number of fused-ring (bicyclic) bond motifs is 1. The maximum absolute atomic E-state index is 13.8. The predicted octanol–water partition coefficient (Wildman–Crippen LogP) is 2.90. The molecule has 1 fully saturated rings. The normalized spacial score (nSPS) is 18.6. The van der Waals surface area contributed by atoms with E-state index in [2.05, 4.69) is 10.2 Å². The number of carbonyl (C=O) groups excluding carboxylic acids is 2. The number of rotatable bonds is 5. The molecule has 1 aromatic heterocycles. The number of anilines is 1. The van der Waals surface area contributed by atoms with Crippen molar-refractivity contribution >= 4 is 28.3 Å². The molecule has 2 aliphatic rings. The predicted molar refractivity (Wildman–Crippen MR) is 115 cm³/mol. The summed E-state index contributed by atoms with van der Waals surface area (Å²) in [6.45, 7) is 4.80. The Balaban J connectivity index is 1.34. The van der Waals surface area contributed by atoms with Gasteiger partial charge in [-0.05, 0) is 37.5 Å². The zero-order chi connectivity index (χ0) is 22.0. The van der Waals surface area contributed by atoms with Gasteiger partial charge in [0.05, 0.1) is 5.69 Å². The lowest BCUT2D eigenvalue weighted by Crippen LogP contribution is -2.48. The first kappa shape index (κ1) is 21.7. The third-order valence-corrected chi connectivity index (χ3v) is 7.15. The third kappa shape index (κ3) is 4.87. The van der Waals surface area contributed by atoms with Gasteiger partial charge in [-0.3, -0.25) is 9.59 Å². The number of piperazine rings is 1. The lowest BCUT2D eigenvalue weighted by molar-refractivity contribution is -0.131. The van der Waals surface area contributed by atoms with E-state index in [9.17, 15) is 18.4 Å². The van der Waals surface area contributed by atoms with Crippen LogP contribution in [0, 0.1) is 17.6 Å². The molecule has 31 heavy (non-hydrogen) atoms. The maximum Gasteiger partial charge on any atom is 0.223 e. The summed E-state index contributed by atoms with van der Waals surface area (Å²) in [4.78, 5) is 34.5. The van der Waals surface area contributed by atoms with Crippen LogP contribution in [0.25, 0.3) is 0 Å². The number of hydrogen-bond donors (Lipinski definition) is 1. The van der Waals surface area contributed by atoms with Gasteiger partial charge in [-0.25, -0.2) is 13.8 Å². The second kappa shape index (κ2) is 9.30. The number of aromatic nitrogens is 1. The summed E-state index contributed by atoms with van der Waals surface area (Å²) >= 11 is 1.62. The van der Waals surface area contributed by atoms with E-state index in [4.69, 9.17) is 4.98 Å². The molecule has 2 heterocycles. The fourth-order valence-corrected chi connectivity index (χ4v) is 5.33. The molecule has 1 atom stereocenters. The Kier molecular flexibility index (Phi) is 6.50. The largest absolute Gasteiger partial charge is 0.352 e. The van der Waals surface area contributed by atoms with Gasteiger partial charge in [0.2, 0.25) is 11.8 Å². The molecule has 9 heteroatoms. The van der Waals surface area contributed by atoms with E-state index in [0.717, 1.165) is 53.4 Å². The number of nitrogens with one attached hydrogen (secondary N) is 1. The Labute approximate surface area is 184 Å². The molecule has 1 aliphatic heterocycles. The van der Waals surface area contributed by atoms with Crippen LogP contribution in [0.15, 0.2) is 18.2 Å². The van der Waals surface area contributed by atoms with E-state index < -0.39 is 11.6 Å². The van der Waals surface area contributed by atoms with Gasteiger partial charge in [0.25, 0.3) is 0 Å². The van der Waals surface area contributed by atoms with Crippen molar-refractivity contribution in [3.8, 4) is 0 Å². The second-order valence-electron chi connectivity index (χ2n) is 7.98. The van der Waals surface area contributed by atoms with Crippen LogP contribution in [0.5, 0.6) is 0 Å². The highest BCUT2D eigenvalue weighted by Crippen LogP contribution is 2.34. The van der Waals surface area contributed by atoms with Gasteiger partial charge in [0, 0.05) is 55.5 Å². The zero-order valence-electron chi connectivity index (χ0n) is 17.5. The van der Waals surface area contributed by atoms with Gasteiger partial charge in [-0.2, -0.15) is 0 Å². The van der Waals surface area contributed by atoms with E-state index in [-0.39, 0.29) is 29.8 Å². The van der Waals surface area contributed by atoms with Crippen molar-refractivity contribution in [2.75, 3.05) is 31.1 Å². The summed E-state index contributed by atoms with van der Waals surface area (Å²) in [5.41, 5.74) is 1.19. The monoisotopic (exact) mass is 448 g/mol. The molecule has 4 rings (SSSR count). The van der Waals surface area contributed by atoms with Crippen LogP contribution in [0.2, 0.25) is 0 Å². The van der Waals surface area contributed by atoms with Crippen molar-refractivity contribution in [3.05, 3.63) is 46.0 Å². The third-order valence-electron chi connectivity index (χ3n) is 5.97. The Hall–Kier alpha value is -2.55. The molecule has 0 unspecified atom stereocenters. The first-order valence-electron chi connectivity index (χ1n) is 10.7. The molecule has 1 aromatic carbocycles. The molecule has 166 valence electrons. The van der Waals surface area contributed by atoms with Crippen molar-refractivity contribution < 1.29 is 18.4 Å². The molecule has 0 saturated carbocycles. The number of halogens is 2. The average Bonchev–Trinajstić information content (AvgIpc) is 3.22. The first-order valence-corrected chi connectivity index (χ1v) is 11.5. The summed E-state index contributed by atoms with van der Waals surface area (Å²) in [5, 5.41) is 3.70. The molecule has 0 radical (unpaired) electrons. The summed E-state index contributed by atoms with van der Waals surface area (Å²) in [6, 6.07) is 3.24. The number of aryl methyl sites for hydroxylation is 1. The number of benzene rings is 1. The Bertz CT molecular complexity index is 972. The molecule has 2 aromatic rings. The van der Waals surface area contributed by atoms with Crippen molar-refractivity contribution in [2.45, 2.75) is 39.2 Å². The highest BCUT2D eigenvalue weighted by atomic mass is 32.1. The Morgan fingerprint density at radius 1 is 1.23 bits per heavy atom. The van der Waals surface area contributed by atoms with Gasteiger partial charge < -0.3 is 15.1 Å². The molecular formula is C22H26F2N4O2S. The lowest BCUT2D eigenvalue weighted by atomic mass is 9.90. The van der Waals surface area contributed by atoms with Gasteiger partial charge in [0.15, 0.2) is 5.13 Å². The van der Waals surface area contributed by atoms with E-state index in [1.165, 1.54) is 0 Å². The molecule has 2 amide bonds. The number of thiazole rings is 1. The van der Waals surface area contributed by atoms with Gasteiger partial charge in [-0.15, -0.1) is 11.3 Å². The average molecular weight is 449 g/mol. The summed E-state index contributed by atoms with van der Waals surface area (Å²) < 4.78 is 27.1. The SMILES string of the molecule is CCC(=O)N1CCN(c2nc3c(s2)C[C@@H](C(=O)NCc2cc(F)ccc2F)CC3)CC1. The molecule has 0 bridgehead atoms. The van der Waals surface area contributed by atoms with Crippen molar-refractivity contribution in [3.63, 3.8) is 0 Å². The topological polar surface area (TPSA) is 65.5 Å². The highest BCUT2D eigenvalue weighted by molar-refractivity contribution is 7.15. The van der Waals surface area contributed by atoms with Gasteiger partial charge in [-0.1, -0.05) is 6.92 Å². The lowest BCUT2D eigenvalue weighted by Gasteiger charge is -2.34. The van der Waals surface area contributed by atoms with E-state index in [0.29, 0.717) is 32.4 Å². The van der Waals surface area contributed by atoms with Crippen molar-refractivity contribution in [2.24, 2.45) is 5.92 Å². The van der Waals surface area contributed by atoms with Crippen LogP contribution in [0.1, 0.15) is 35.9 Å². The highest BCUT2D eigenvalue weighted by Gasteiger charge is 2.29. The quantitative estimate of drug-likeness (QED) is 0.764. The van der Waals surface area contributed by atoms with E-state index in [1.807, 2.05) is 11.8 Å².